The summed E-state index contributed by atoms with van der Waals surface area (Å²) < 4.78 is 6.49. The molecule has 2 N–H and O–H groups in total. The van der Waals surface area contributed by atoms with Gasteiger partial charge in [-0.15, -0.1) is 24.0 Å². The van der Waals surface area contributed by atoms with Crippen LogP contribution in [0.2, 0.25) is 0 Å². The van der Waals surface area contributed by atoms with Crippen LogP contribution in [-0.2, 0) is 23.1 Å². The molecule has 0 aromatic carbocycles. The zero-order valence-electron chi connectivity index (χ0n) is 14.6. The average molecular weight is 437 g/mol. The van der Waals surface area contributed by atoms with Crippen LogP contribution in [0.4, 0.5) is 0 Å². The standard InChI is InChI=1S/C15H27N5O2.HI/c1-11-13(12(2)20(4)19-11)10-18-15(16-3)17-9-7-6-8-14(21)22-5;/h6-10H2,1-5H3,(H2,16,17,18);1H. The first kappa shape index (κ1) is 21.7. The summed E-state index contributed by atoms with van der Waals surface area (Å²) in [5.74, 6) is 0.589. The molecule has 0 aliphatic rings. The molecule has 23 heavy (non-hydrogen) atoms. The van der Waals surface area contributed by atoms with E-state index in [4.69, 9.17) is 0 Å². The maximum Gasteiger partial charge on any atom is 0.305 e. The summed E-state index contributed by atoms with van der Waals surface area (Å²) in [7, 11) is 5.10. The minimum atomic E-state index is -0.162. The summed E-state index contributed by atoms with van der Waals surface area (Å²) in [5.41, 5.74) is 3.37. The molecule has 132 valence electrons. The molecule has 0 radical (unpaired) electrons. The van der Waals surface area contributed by atoms with Crippen molar-refractivity contribution in [2.24, 2.45) is 12.0 Å². The Labute approximate surface area is 155 Å². The summed E-state index contributed by atoms with van der Waals surface area (Å²) in [6, 6.07) is 0. The summed E-state index contributed by atoms with van der Waals surface area (Å²) in [6.45, 7) is 5.52. The first-order chi connectivity index (χ1) is 10.5. The molecule has 7 nitrogen and oxygen atoms in total. The number of carbonyl (C=O) groups is 1. The van der Waals surface area contributed by atoms with E-state index in [0.29, 0.717) is 13.0 Å². The summed E-state index contributed by atoms with van der Waals surface area (Å²) in [4.78, 5) is 15.2. The van der Waals surface area contributed by atoms with Crippen molar-refractivity contribution < 1.29 is 9.53 Å². The van der Waals surface area contributed by atoms with Crippen molar-refractivity contribution in [3.8, 4) is 0 Å². The Hall–Kier alpha value is -1.32. The van der Waals surface area contributed by atoms with E-state index in [1.165, 1.54) is 12.7 Å². The summed E-state index contributed by atoms with van der Waals surface area (Å²) in [5, 5.41) is 10.9. The van der Waals surface area contributed by atoms with Crippen LogP contribution < -0.4 is 10.6 Å². The number of esters is 1. The number of unbranched alkanes of at least 4 members (excludes halogenated alkanes) is 1. The van der Waals surface area contributed by atoms with Gasteiger partial charge in [0.05, 0.1) is 12.8 Å². The van der Waals surface area contributed by atoms with E-state index in [2.05, 4.69) is 32.4 Å². The lowest BCUT2D eigenvalue weighted by Gasteiger charge is -2.12. The zero-order chi connectivity index (χ0) is 16.5. The van der Waals surface area contributed by atoms with Gasteiger partial charge >= 0.3 is 5.97 Å². The van der Waals surface area contributed by atoms with E-state index in [1.807, 2.05) is 18.7 Å². The topological polar surface area (TPSA) is 80.5 Å². The van der Waals surface area contributed by atoms with Crippen LogP contribution in [0.1, 0.15) is 36.2 Å². The Kier molecular flexibility index (Phi) is 10.6. The fourth-order valence-corrected chi connectivity index (χ4v) is 2.17. The number of aryl methyl sites for hydroxylation is 2. The molecule has 1 aromatic rings. The van der Waals surface area contributed by atoms with Crippen molar-refractivity contribution in [2.75, 3.05) is 20.7 Å². The van der Waals surface area contributed by atoms with Gasteiger partial charge in [-0.1, -0.05) is 0 Å². The zero-order valence-corrected chi connectivity index (χ0v) is 16.9. The Bertz CT molecular complexity index is 528. The second-order valence-corrected chi connectivity index (χ2v) is 5.16. The smallest absolute Gasteiger partial charge is 0.305 e. The molecule has 0 saturated carbocycles. The largest absolute Gasteiger partial charge is 0.469 e. The van der Waals surface area contributed by atoms with Crippen LogP contribution in [0, 0.1) is 13.8 Å². The van der Waals surface area contributed by atoms with Gasteiger partial charge in [-0.25, -0.2) is 0 Å². The molecule has 0 aliphatic carbocycles. The molecular formula is C15H28IN5O2. The number of nitrogens with zero attached hydrogens (tertiary/aromatic N) is 3. The lowest BCUT2D eigenvalue weighted by atomic mass is 10.2. The van der Waals surface area contributed by atoms with Gasteiger partial charge in [0.2, 0.25) is 0 Å². The van der Waals surface area contributed by atoms with Crippen LogP contribution in [0.25, 0.3) is 0 Å². The number of nitrogens with one attached hydrogen (secondary N) is 2. The quantitative estimate of drug-likeness (QED) is 0.223. The Balaban J connectivity index is 0.00000484. The van der Waals surface area contributed by atoms with Gasteiger partial charge in [0.25, 0.3) is 0 Å². The molecule has 0 amide bonds. The highest BCUT2D eigenvalue weighted by Gasteiger charge is 2.09. The van der Waals surface area contributed by atoms with Gasteiger partial charge in [0.15, 0.2) is 5.96 Å². The maximum atomic E-state index is 11.0. The van der Waals surface area contributed by atoms with E-state index >= 15 is 0 Å². The number of guanidine groups is 1. The number of methoxy groups -OCH3 is 1. The fraction of sp³-hybridized carbons (Fsp3) is 0.667. The van der Waals surface area contributed by atoms with Crippen molar-refractivity contribution >= 4 is 35.9 Å². The number of halogens is 1. The Morgan fingerprint density at radius 1 is 1.30 bits per heavy atom. The predicted molar refractivity (Wildman–Crippen MR) is 102 cm³/mol. The molecule has 0 fully saturated rings. The van der Waals surface area contributed by atoms with Crippen LogP contribution >= 0.6 is 24.0 Å². The molecular weight excluding hydrogens is 409 g/mol. The maximum absolute atomic E-state index is 11.0. The van der Waals surface area contributed by atoms with Crippen molar-refractivity contribution in [3.05, 3.63) is 17.0 Å². The van der Waals surface area contributed by atoms with Crippen LogP contribution in [-0.4, -0.2) is 42.4 Å². The first-order valence-electron chi connectivity index (χ1n) is 7.50. The third-order valence-corrected chi connectivity index (χ3v) is 3.64. The molecule has 1 rings (SSSR count). The number of hydrogen-bond donors (Lipinski definition) is 2. The van der Waals surface area contributed by atoms with E-state index < -0.39 is 0 Å². The lowest BCUT2D eigenvalue weighted by molar-refractivity contribution is -0.140. The third-order valence-electron chi connectivity index (χ3n) is 3.64. The highest BCUT2D eigenvalue weighted by Crippen LogP contribution is 2.10. The normalized spacial score (nSPS) is 10.9. The summed E-state index contributed by atoms with van der Waals surface area (Å²) >= 11 is 0. The molecule has 0 unspecified atom stereocenters. The number of hydrogen-bond acceptors (Lipinski definition) is 4. The predicted octanol–water partition coefficient (Wildman–Crippen LogP) is 1.66. The number of carbonyl (C=O) groups excluding carboxylic acids is 1. The van der Waals surface area contributed by atoms with Gasteiger partial charge in [0, 0.05) is 44.9 Å². The minimum Gasteiger partial charge on any atom is -0.469 e. The van der Waals surface area contributed by atoms with Crippen LogP contribution in [0.15, 0.2) is 4.99 Å². The fourth-order valence-electron chi connectivity index (χ4n) is 2.17. The molecule has 0 atom stereocenters. The van der Waals surface area contributed by atoms with Gasteiger partial charge in [-0.05, 0) is 26.7 Å². The number of rotatable bonds is 7. The summed E-state index contributed by atoms with van der Waals surface area (Å²) in [6.07, 6.45) is 2.15. The monoisotopic (exact) mass is 437 g/mol. The molecule has 0 bridgehead atoms. The van der Waals surface area contributed by atoms with Crippen molar-refractivity contribution in [2.45, 2.75) is 39.7 Å². The number of aliphatic imine (C=N–C) groups is 1. The van der Waals surface area contributed by atoms with E-state index in [-0.39, 0.29) is 29.9 Å². The number of aromatic nitrogens is 2. The van der Waals surface area contributed by atoms with Gasteiger partial charge in [-0.3, -0.25) is 14.5 Å². The van der Waals surface area contributed by atoms with E-state index in [1.54, 1.807) is 7.05 Å². The average Bonchev–Trinajstić information content (AvgIpc) is 2.75. The highest BCUT2D eigenvalue weighted by atomic mass is 127. The van der Waals surface area contributed by atoms with Gasteiger partial charge in [-0.2, -0.15) is 5.10 Å². The molecule has 1 aromatic heterocycles. The first-order valence-corrected chi connectivity index (χ1v) is 7.50. The van der Waals surface area contributed by atoms with Crippen LogP contribution in [0.3, 0.4) is 0 Å². The lowest BCUT2D eigenvalue weighted by Crippen LogP contribution is -2.37. The molecule has 8 heteroatoms. The molecule has 0 spiro atoms. The number of ether oxygens (including phenoxy) is 1. The Morgan fingerprint density at radius 3 is 2.52 bits per heavy atom. The SMILES string of the molecule is CN=C(NCCCCC(=O)OC)NCc1c(C)nn(C)c1C.I. The minimum absolute atomic E-state index is 0. The van der Waals surface area contributed by atoms with Crippen LogP contribution in [0.5, 0.6) is 0 Å². The van der Waals surface area contributed by atoms with Crippen molar-refractivity contribution in [1.82, 2.24) is 20.4 Å². The Morgan fingerprint density at radius 2 is 2.00 bits per heavy atom. The second-order valence-electron chi connectivity index (χ2n) is 5.16. The second kappa shape index (κ2) is 11.3. The molecule has 0 saturated heterocycles. The van der Waals surface area contributed by atoms with Crippen molar-refractivity contribution in [3.63, 3.8) is 0 Å². The van der Waals surface area contributed by atoms with Crippen molar-refractivity contribution in [1.29, 1.82) is 0 Å². The van der Waals surface area contributed by atoms with Gasteiger partial charge < -0.3 is 15.4 Å². The van der Waals surface area contributed by atoms with E-state index in [9.17, 15) is 4.79 Å². The van der Waals surface area contributed by atoms with Gasteiger partial charge in [0.1, 0.15) is 0 Å². The third kappa shape index (κ3) is 7.19. The molecule has 1 heterocycles. The van der Waals surface area contributed by atoms with E-state index in [0.717, 1.165) is 36.7 Å². The molecule has 0 aliphatic heterocycles. The highest BCUT2D eigenvalue weighted by molar-refractivity contribution is 14.0.